The number of ether oxygens (including phenoxy) is 1. The molecule has 17 heavy (non-hydrogen) atoms. The van der Waals surface area contributed by atoms with E-state index in [4.69, 9.17) is 16.3 Å². The van der Waals surface area contributed by atoms with Gasteiger partial charge in [-0.25, -0.2) is 4.98 Å². The third kappa shape index (κ3) is 2.82. The first-order chi connectivity index (χ1) is 8.24. The molecule has 0 aliphatic rings. The maximum absolute atomic E-state index is 6.18. The lowest BCUT2D eigenvalue weighted by Crippen LogP contribution is -1.98. The number of thiazole rings is 1. The van der Waals surface area contributed by atoms with Crippen molar-refractivity contribution in [1.82, 2.24) is 4.98 Å². The summed E-state index contributed by atoms with van der Waals surface area (Å²) in [5.41, 5.74) is 0.846. The van der Waals surface area contributed by atoms with Gasteiger partial charge in [0.2, 0.25) is 0 Å². The first-order valence-electron chi connectivity index (χ1n) is 5.71. The normalized spacial score (nSPS) is 10.8. The number of hydrogen-bond acceptors (Lipinski definition) is 4. The van der Waals surface area contributed by atoms with Crippen LogP contribution in [-0.2, 0) is 0 Å². The van der Waals surface area contributed by atoms with Gasteiger partial charge in [0, 0.05) is 12.6 Å². The predicted molar refractivity (Wildman–Crippen MR) is 74.6 cm³/mol. The topological polar surface area (TPSA) is 34.2 Å². The summed E-state index contributed by atoms with van der Waals surface area (Å²) in [5.74, 6) is 0.802. The second-order valence-corrected chi connectivity index (χ2v) is 5.07. The molecule has 0 unspecified atom stereocenters. The molecule has 0 saturated heterocycles. The van der Waals surface area contributed by atoms with Gasteiger partial charge in [-0.05, 0) is 19.4 Å². The molecular weight excluding hydrogens is 256 g/mol. The van der Waals surface area contributed by atoms with E-state index in [9.17, 15) is 0 Å². The molecule has 0 radical (unpaired) electrons. The summed E-state index contributed by atoms with van der Waals surface area (Å²) in [7, 11) is 0. The number of hydrogen-bond donors (Lipinski definition) is 1. The molecule has 1 N–H and O–H groups in total. The van der Waals surface area contributed by atoms with Gasteiger partial charge in [0.25, 0.3) is 0 Å². The molecule has 0 amide bonds. The fourth-order valence-electron chi connectivity index (χ4n) is 1.52. The fraction of sp³-hybridized carbons (Fsp3) is 0.417. The molecule has 1 aromatic carbocycles. The van der Waals surface area contributed by atoms with Gasteiger partial charge in [-0.15, -0.1) is 0 Å². The van der Waals surface area contributed by atoms with Gasteiger partial charge in [0.1, 0.15) is 11.3 Å². The molecule has 92 valence electrons. The number of anilines is 1. The van der Waals surface area contributed by atoms with E-state index >= 15 is 0 Å². The van der Waals surface area contributed by atoms with Gasteiger partial charge in [-0.1, -0.05) is 29.9 Å². The number of aromatic nitrogens is 1. The summed E-state index contributed by atoms with van der Waals surface area (Å²) in [5, 5.41) is 4.83. The van der Waals surface area contributed by atoms with Gasteiger partial charge in [0.05, 0.1) is 16.3 Å². The zero-order chi connectivity index (χ0) is 12.3. The first-order valence-corrected chi connectivity index (χ1v) is 6.90. The highest BCUT2D eigenvalue weighted by molar-refractivity contribution is 7.22. The standard InChI is InChI=1S/C12H15ClN2OS/c1-3-5-14-12-15-11-9(13)6-8(16-4-2)7-10(11)17-12/h6-7H,3-5H2,1-2H3,(H,14,15). The molecule has 0 atom stereocenters. The number of benzene rings is 1. The Bertz CT molecular complexity index is 512. The van der Waals surface area contributed by atoms with Crippen molar-refractivity contribution in [3.63, 3.8) is 0 Å². The average Bonchev–Trinajstić information content (AvgIpc) is 2.70. The van der Waals surface area contributed by atoms with Crippen molar-refractivity contribution in [2.45, 2.75) is 20.3 Å². The Hall–Kier alpha value is -1.000. The zero-order valence-corrected chi connectivity index (χ0v) is 11.5. The van der Waals surface area contributed by atoms with Crippen molar-refractivity contribution in [3.05, 3.63) is 17.2 Å². The molecular formula is C12H15ClN2OS. The Morgan fingerprint density at radius 1 is 1.41 bits per heavy atom. The smallest absolute Gasteiger partial charge is 0.183 e. The fourth-order valence-corrected chi connectivity index (χ4v) is 2.78. The van der Waals surface area contributed by atoms with Crippen LogP contribution in [0.4, 0.5) is 5.13 Å². The summed E-state index contributed by atoms with van der Waals surface area (Å²) in [4.78, 5) is 4.47. The molecule has 1 aromatic heterocycles. The SMILES string of the molecule is CCCNc1nc2c(Cl)cc(OCC)cc2s1. The molecule has 0 saturated carbocycles. The van der Waals surface area contributed by atoms with Crippen molar-refractivity contribution in [1.29, 1.82) is 0 Å². The first kappa shape index (κ1) is 12.5. The van der Waals surface area contributed by atoms with Crippen LogP contribution in [0.2, 0.25) is 5.02 Å². The van der Waals surface area contributed by atoms with Crippen molar-refractivity contribution in [2.24, 2.45) is 0 Å². The Morgan fingerprint density at radius 2 is 2.24 bits per heavy atom. The maximum atomic E-state index is 6.18. The summed E-state index contributed by atoms with van der Waals surface area (Å²) >= 11 is 7.79. The summed E-state index contributed by atoms with van der Waals surface area (Å²) in [6, 6.07) is 3.80. The van der Waals surface area contributed by atoms with E-state index in [0.717, 1.165) is 34.1 Å². The predicted octanol–water partition coefficient (Wildman–Crippen LogP) is 4.17. The van der Waals surface area contributed by atoms with Gasteiger partial charge in [-0.2, -0.15) is 0 Å². The maximum Gasteiger partial charge on any atom is 0.183 e. The molecule has 0 spiro atoms. The van der Waals surface area contributed by atoms with E-state index < -0.39 is 0 Å². The highest BCUT2D eigenvalue weighted by Crippen LogP contribution is 2.34. The highest BCUT2D eigenvalue weighted by atomic mass is 35.5. The van der Waals surface area contributed by atoms with E-state index in [1.807, 2.05) is 19.1 Å². The average molecular weight is 271 g/mol. The van der Waals surface area contributed by atoms with Crippen molar-refractivity contribution >= 4 is 38.3 Å². The van der Waals surface area contributed by atoms with Crippen LogP contribution in [0.25, 0.3) is 10.2 Å². The van der Waals surface area contributed by atoms with Crippen molar-refractivity contribution < 1.29 is 4.74 Å². The van der Waals surface area contributed by atoms with E-state index in [-0.39, 0.29) is 0 Å². The van der Waals surface area contributed by atoms with Crippen LogP contribution in [0, 0.1) is 0 Å². The lowest BCUT2D eigenvalue weighted by atomic mass is 10.3. The largest absolute Gasteiger partial charge is 0.494 e. The monoisotopic (exact) mass is 270 g/mol. The number of halogens is 1. The van der Waals surface area contributed by atoms with Crippen LogP contribution < -0.4 is 10.1 Å². The van der Waals surface area contributed by atoms with E-state index in [1.54, 1.807) is 11.3 Å². The number of nitrogens with zero attached hydrogens (tertiary/aromatic N) is 1. The van der Waals surface area contributed by atoms with Crippen LogP contribution in [0.3, 0.4) is 0 Å². The number of rotatable bonds is 5. The Morgan fingerprint density at radius 3 is 2.94 bits per heavy atom. The van der Waals surface area contributed by atoms with Crippen LogP contribution in [0.1, 0.15) is 20.3 Å². The van der Waals surface area contributed by atoms with Crippen LogP contribution in [0.15, 0.2) is 12.1 Å². The third-order valence-corrected chi connectivity index (χ3v) is 3.51. The van der Waals surface area contributed by atoms with Crippen LogP contribution in [0.5, 0.6) is 5.75 Å². The number of fused-ring (bicyclic) bond motifs is 1. The summed E-state index contributed by atoms with van der Waals surface area (Å²) in [6.07, 6.45) is 1.08. The summed E-state index contributed by atoms with van der Waals surface area (Å²) < 4.78 is 6.51. The van der Waals surface area contributed by atoms with Crippen molar-refractivity contribution in [2.75, 3.05) is 18.5 Å². The molecule has 0 bridgehead atoms. The molecule has 0 aliphatic heterocycles. The molecule has 3 nitrogen and oxygen atoms in total. The second kappa shape index (κ2) is 5.56. The molecule has 0 aliphatic carbocycles. The molecule has 5 heteroatoms. The zero-order valence-electron chi connectivity index (χ0n) is 9.92. The van der Waals surface area contributed by atoms with Crippen molar-refractivity contribution in [3.8, 4) is 5.75 Å². The lowest BCUT2D eigenvalue weighted by Gasteiger charge is -2.02. The Balaban J connectivity index is 2.35. The minimum absolute atomic E-state index is 0.640. The van der Waals surface area contributed by atoms with Gasteiger partial charge in [-0.3, -0.25) is 0 Å². The third-order valence-electron chi connectivity index (χ3n) is 2.26. The van der Waals surface area contributed by atoms with E-state index in [0.29, 0.717) is 11.6 Å². The molecule has 2 rings (SSSR count). The quantitative estimate of drug-likeness (QED) is 0.885. The lowest BCUT2D eigenvalue weighted by molar-refractivity contribution is 0.341. The molecule has 2 aromatic rings. The van der Waals surface area contributed by atoms with Crippen LogP contribution in [-0.4, -0.2) is 18.1 Å². The van der Waals surface area contributed by atoms with Gasteiger partial charge < -0.3 is 10.1 Å². The molecule has 1 heterocycles. The summed E-state index contributed by atoms with van der Waals surface area (Å²) in [6.45, 7) is 5.65. The minimum Gasteiger partial charge on any atom is -0.494 e. The number of nitrogens with one attached hydrogen (secondary N) is 1. The molecule has 0 fully saturated rings. The Labute approximate surface area is 110 Å². The van der Waals surface area contributed by atoms with Gasteiger partial charge in [0.15, 0.2) is 5.13 Å². The van der Waals surface area contributed by atoms with E-state index in [1.165, 1.54) is 0 Å². The minimum atomic E-state index is 0.640. The Kier molecular flexibility index (Phi) is 4.07. The highest BCUT2D eigenvalue weighted by Gasteiger charge is 2.09. The van der Waals surface area contributed by atoms with E-state index in [2.05, 4.69) is 17.2 Å². The second-order valence-electron chi connectivity index (χ2n) is 3.63. The van der Waals surface area contributed by atoms with Crippen LogP contribution >= 0.6 is 22.9 Å². The van der Waals surface area contributed by atoms with Gasteiger partial charge >= 0.3 is 0 Å².